The molecule has 0 aliphatic carbocycles. The van der Waals surface area contributed by atoms with Gasteiger partial charge in [-0.3, -0.25) is 0 Å². The normalized spacial score (nSPS) is 10.9. The van der Waals surface area contributed by atoms with E-state index in [2.05, 4.69) is 0 Å². The van der Waals surface area contributed by atoms with E-state index in [-0.39, 0.29) is 5.91 Å². The first-order chi connectivity index (χ1) is 3.81. The Hall–Kier alpha value is 0.137. The molecule has 0 radical (unpaired) electrons. The summed E-state index contributed by atoms with van der Waals surface area (Å²) in [6.07, 6.45) is 0. The van der Waals surface area contributed by atoms with Crippen molar-refractivity contribution in [1.82, 2.24) is 0 Å². The molecule has 0 spiro atoms. The fourth-order valence-corrected chi connectivity index (χ4v) is 1.18. The molecule has 50 valence electrons. The molecule has 3 heteroatoms. The van der Waals surface area contributed by atoms with Gasteiger partial charge in [-0.15, -0.1) is 0 Å². The van der Waals surface area contributed by atoms with Gasteiger partial charge < -0.3 is 9.47 Å². The zero-order valence-electron chi connectivity index (χ0n) is 5.81. The predicted molar refractivity (Wildman–Crippen MR) is 37.0 cm³/mol. The molecule has 0 saturated heterocycles. The van der Waals surface area contributed by atoms with E-state index in [9.17, 15) is 0 Å². The lowest BCUT2D eigenvalue weighted by molar-refractivity contribution is -0.0801. The zero-order chi connectivity index (χ0) is 6.41. The van der Waals surface area contributed by atoms with Crippen molar-refractivity contribution in [3.63, 3.8) is 0 Å². The summed E-state index contributed by atoms with van der Waals surface area (Å²) in [5.41, 5.74) is 0. The van der Waals surface area contributed by atoms with Crippen LogP contribution in [0.4, 0.5) is 0 Å². The van der Waals surface area contributed by atoms with Crippen LogP contribution in [0.2, 0.25) is 0 Å². The van der Waals surface area contributed by atoms with Gasteiger partial charge in [0.25, 0.3) is 0 Å². The topological polar surface area (TPSA) is 18.5 Å². The first-order valence-corrected chi connectivity index (χ1v) is 4.20. The quantitative estimate of drug-likeness (QED) is 0.388. The maximum Gasteiger partial charge on any atom is 0.131 e. The van der Waals surface area contributed by atoms with Crippen LogP contribution in [0.15, 0.2) is 0 Å². The summed E-state index contributed by atoms with van der Waals surface area (Å²) in [7, 11) is 0.964. The van der Waals surface area contributed by atoms with Crippen molar-refractivity contribution in [3.8, 4) is 0 Å². The number of hydrogen-bond donors (Lipinski definition) is 0. The Bertz CT molecular complexity index is 43.7. The van der Waals surface area contributed by atoms with Crippen molar-refractivity contribution in [2.45, 2.75) is 19.8 Å². The van der Waals surface area contributed by atoms with Crippen molar-refractivity contribution < 1.29 is 9.47 Å². The van der Waals surface area contributed by atoms with Crippen LogP contribution in [-0.2, 0) is 9.47 Å². The molecule has 2 nitrogen and oxygen atoms in total. The van der Waals surface area contributed by atoms with Crippen molar-refractivity contribution in [3.05, 3.63) is 0 Å². The van der Waals surface area contributed by atoms with Crippen molar-refractivity contribution in [2.75, 3.05) is 13.2 Å². The van der Waals surface area contributed by atoms with Crippen LogP contribution >= 0.6 is 0 Å². The molecule has 0 rings (SSSR count). The molecule has 0 saturated carbocycles. The highest BCUT2D eigenvalue weighted by molar-refractivity contribution is 6.09. The second-order valence-electron chi connectivity index (χ2n) is 1.48. The Morgan fingerprint density at radius 1 is 1.25 bits per heavy atom. The summed E-state index contributed by atoms with van der Waals surface area (Å²) in [5, 5.41) is 0. The van der Waals surface area contributed by atoms with E-state index in [1.165, 1.54) is 0 Å². The van der Waals surface area contributed by atoms with E-state index < -0.39 is 0 Å². The molecular weight excluding hydrogens is 120 g/mol. The van der Waals surface area contributed by atoms with Gasteiger partial charge >= 0.3 is 0 Å². The third-order valence-corrected chi connectivity index (χ3v) is 1.47. The third kappa shape index (κ3) is 4.30. The standard InChI is InChI=1S/C5H14O2Si/c1-3-6-5(8)7-4-2/h5H,3-4H2,1-2,8H3. The van der Waals surface area contributed by atoms with E-state index in [1.54, 1.807) is 0 Å². The van der Waals surface area contributed by atoms with Crippen LogP contribution in [0, 0.1) is 0 Å². The highest BCUT2D eigenvalue weighted by Crippen LogP contribution is 1.86. The average molecular weight is 134 g/mol. The highest BCUT2D eigenvalue weighted by atomic mass is 28.1. The van der Waals surface area contributed by atoms with Gasteiger partial charge in [0.2, 0.25) is 0 Å². The second kappa shape index (κ2) is 5.28. The summed E-state index contributed by atoms with van der Waals surface area (Å²) in [4.78, 5) is 0. The molecule has 0 aliphatic rings. The second-order valence-corrected chi connectivity index (χ2v) is 2.42. The molecular formula is C5H14O2Si. The van der Waals surface area contributed by atoms with Crippen molar-refractivity contribution in [1.29, 1.82) is 0 Å². The molecule has 0 aromatic carbocycles. The Morgan fingerprint density at radius 3 is 1.88 bits per heavy atom. The summed E-state index contributed by atoms with van der Waals surface area (Å²) >= 11 is 0. The van der Waals surface area contributed by atoms with Gasteiger partial charge in [0.05, 0.1) is 10.2 Å². The fraction of sp³-hybridized carbons (Fsp3) is 1.00. The molecule has 0 aromatic rings. The molecule has 0 fully saturated rings. The fourth-order valence-electron chi connectivity index (χ4n) is 0.518. The molecule has 0 aliphatic heterocycles. The van der Waals surface area contributed by atoms with Crippen LogP contribution in [0.1, 0.15) is 13.8 Å². The van der Waals surface area contributed by atoms with Crippen molar-refractivity contribution >= 4 is 10.2 Å². The van der Waals surface area contributed by atoms with Gasteiger partial charge in [-0.25, -0.2) is 0 Å². The van der Waals surface area contributed by atoms with Crippen LogP contribution in [-0.4, -0.2) is 29.4 Å². The van der Waals surface area contributed by atoms with Crippen LogP contribution in [0.3, 0.4) is 0 Å². The number of ether oxygens (including phenoxy) is 2. The molecule has 0 unspecified atom stereocenters. The molecule has 0 amide bonds. The van der Waals surface area contributed by atoms with E-state index >= 15 is 0 Å². The number of rotatable bonds is 4. The maximum absolute atomic E-state index is 5.12. The van der Waals surface area contributed by atoms with Gasteiger partial charge in [-0.2, -0.15) is 0 Å². The SMILES string of the molecule is CCOC([SiH3])OCC. The lowest BCUT2D eigenvalue weighted by Crippen LogP contribution is -2.16. The van der Waals surface area contributed by atoms with Gasteiger partial charge in [0.1, 0.15) is 5.91 Å². The molecule has 0 aromatic heterocycles. The van der Waals surface area contributed by atoms with E-state index in [1.807, 2.05) is 13.8 Å². The van der Waals surface area contributed by atoms with Gasteiger partial charge in [0, 0.05) is 13.2 Å². The molecule has 0 bridgehead atoms. The zero-order valence-corrected chi connectivity index (χ0v) is 7.81. The number of hydrogen-bond acceptors (Lipinski definition) is 2. The highest BCUT2D eigenvalue weighted by Gasteiger charge is 1.94. The average Bonchev–Trinajstić information content (AvgIpc) is 1.68. The predicted octanol–water partition coefficient (Wildman–Crippen LogP) is -0.292. The van der Waals surface area contributed by atoms with Crippen LogP contribution < -0.4 is 0 Å². The molecule has 8 heavy (non-hydrogen) atoms. The summed E-state index contributed by atoms with van der Waals surface area (Å²) in [6, 6.07) is 0. The van der Waals surface area contributed by atoms with Gasteiger partial charge in [-0.1, -0.05) is 0 Å². The minimum atomic E-state index is 0.102. The Kier molecular flexibility index (Phi) is 5.37. The largest absolute Gasteiger partial charge is 0.358 e. The third-order valence-electron chi connectivity index (χ3n) is 0.803. The van der Waals surface area contributed by atoms with E-state index in [0.717, 1.165) is 23.5 Å². The smallest absolute Gasteiger partial charge is 0.131 e. The van der Waals surface area contributed by atoms with Gasteiger partial charge in [0.15, 0.2) is 0 Å². The molecule has 0 N–H and O–H groups in total. The summed E-state index contributed by atoms with van der Waals surface area (Å²) < 4.78 is 10.2. The Balaban J connectivity index is 2.92. The summed E-state index contributed by atoms with van der Waals surface area (Å²) in [5.74, 6) is 0.102. The minimum Gasteiger partial charge on any atom is -0.358 e. The van der Waals surface area contributed by atoms with Crippen LogP contribution in [0.5, 0.6) is 0 Å². The van der Waals surface area contributed by atoms with Crippen molar-refractivity contribution in [2.24, 2.45) is 0 Å². The van der Waals surface area contributed by atoms with Crippen LogP contribution in [0.25, 0.3) is 0 Å². The monoisotopic (exact) mass is 134 g/mol. The molecule has 0 atom stereocenters. The van der Waals surface area contributed by atoms with E-state index in [4.69, 9.17) is 9.47 Å². The maximum atomic E-state index is 5.12. The first kappa shape index (κ1) is 8.14. The lowest BCUT2D eigenvalue weighted by Gasteiger charge is -2.09. The lowest BCUT2D eigenvalue weighted by atomic mass is 10.9. The van der Waals surface area contributed by atoms with E-state index in [0.29, 0.717) is 0 Å². The first-order valence-electron chi connectivity index (χ1n) is 3.04. The molecule has 0 heterocycles. The van der Waals surface area contributed by atoms with Gasteiger partial charge in [-0.05, 0) is 13.8 Å². The summed E-state index contributed by atoms with van der Waals surface area (Å²) in [6.45, 7) is 5.47. The Morgan fingerprint density at radius 2 is 1.62 bits per heavy atom. The Labute approximate surface area is 53.6 Å². The minimum absolute atomic E-state index is 0.102.